The second kappa shape index (κ2) is 6.68. The topological polar surface area (TPSA) is 58.6 Å². The van der Waals surface area contributed by atoms with E-state index in [0.717, 1.165) is 11.3 Å². The van der Waals surface area contributed by atoms with Crippen molar-refractivity contribution in [1.29, 1.82) is 0 Å². The predicted octanol–water partition coefficient (Wildman–Crippen LogP) is 4.04. The monoisotopic (exact) mass is 306 g/mol. The second-order valence-electron chi connectivity index (χ2n) is 4.35. The number of oxime groups is 1. The highest BCUT2D eigenvalue weighted by molar-refractivity contribution is 7.98. The highest BCUT2D eigenvalue weighted by Gasteiger charge is 2.06. The van der Waals surface area contributed by atoms with Crippen LogP contribution in [0, 0.1) is 6.92 Å². The van der Waals surface area contributed by atoms with Gasteiger partial charge in [0.15, 0.2) is 5.84 Å². The van der Waals surface area contributed by atoms with Gasteiger partial charge < -0.3 is 10.9 Å². The van der Waals surface area contributed by atoms with Crippen LogP contribution < -0.4 is 5.73 Å². The normalized spacial score (nSPS) is 11.6. The Morgan fingerprint density at radius 1 is 1.30 bits per heavy atom. The molecule has 0 amide bonds. The standard InChI is InChI=1S/C15H15ClN2OS/c1-10-4-2-3-5-14(10)20-9-12-7-6-11(8-13(12)16)15(17)18-19/h2-8,19H,9H2,1H3,(H2,17,18). The third-order valence-electron chi connectivity index (χ3n) is 2.93. The Hall–Kier alpha value is -1.65. The van der Waals surface area contributed by atoms with E-state index in [1.165, 1.54) is 10.5 Å². The van der Waals surface area contributed by atoms with Gasteiger partial charge in [-0.25, -0.2) is 0 Å². The van der Waals surface area contributed by atoms with Gasteiger partial charge in [-0.1, -0.05) is 47.1 Å². The first kappa shape index (κ1) is 14.8. The molecule has 0 unspecified atom stereocenters. The van der Waals surface area contributed by atoms with Crippen LogP contribution in [0.2, 0.25) is 5.02 Å². The molecule has 5 heteroatoms. The van der Waals surface area contributed by atoms with Crippen LogP contribution in [-0.4, -0.2) is 11.0 Å². The van der Waals surface area contributed by atoms with Crippen molar-refractivity contribution in [2.75, 3.05) is 0 Å². The summed E-state index contributed by atoms with van der Waals surface area (Å²) in [7, 11) is 0. The van der Waals surface area contributed by atoms with E-state index in [1.807, 2.05) is 18.2 Å². The van der Waals surface area contributed by atoms with E-state index in [2.05, 4.69) is 24.2 Å². The molecule has 2 rings (SSSR count). The molecule has 0 atom stereocenters. The van der Waals surface area contributed by atoms with Crippen molar-refractivity contribution in [2.24, 2.45) is 10.9 Å². The molecule has 0 aliphatic rings. The molecule has 0 aromatic heterocycles. The van der Waals surface area contributed by atoms with E-state index in [1.54, 1.807) is 23.9 Å². The minimum Gasteiger partial charge on any atom is -0.409 e. The van der Waals surface area contributed by atoms with Crippen LogP contribution >= 0.6 is 23.4 Å². The van der Waals surface area contributed by atoms with Crippen LogP contribution in [-0.2, 0) is 5.75 Å². The second-order valence-corrected chi connectivity index (χ2v) is 5.77. The lowest BCUT2D eigenvalue weighted by Crippen LogP contribution is -2.12. The highest BCUT2D eigenvalue weighted by atomic mass is 35.5. The van der Waals surface area contributed by atoms with Crippen LogP contribution in [0.4, 0.5) is 0 Å². The van der Waals surface area contributed by atoms with Gasteiger partial charge in [-0.2, -0.15) is 0 Å². The van der Waals surface area contributed by atoms with Crippen molar-refractivity contribution in [3.05, 3.63) is 64.2 Å². The van der Waals surface area contributed by atoms with E-state index >= 15 is 0 Å². The van der Waals surface area contributed by atoms with E-state index in [0.29, 0.717) is 10.6 Å². The molecule has 0 radical (unpaired) electrons. The number of rotatable bonds is 4. The van der Waals surface area contributed by atoms with Crippen molar-refractivity contribution < 1.29 is 5.21 Å². The molecule has 3 nitrogen and oxygen atoms in total. The summed E-state index contributed by atoms with van der Waals surface area (Å²) in [6.07, 6.45) is 0. The Kier molecular flexibility index (Phi) is 4.93. The van der Waals surface area contributed by atoms with Crippen molar-refractivity contribution in [3.8, 4) is 0 Å². The molecule has 0 saturated heterocycles. The molecule has 104 valence electrons. The molecule has 2 aromatic rings. The summed E-state index contributed by atoms with van der Waals surface area (Å²) in [6.45, 7) is 2.09. The van der Waals surface area contributed by atoms with Gasteiger partial charge in [-0.3, -0.25) is 0 Å². The first-order valence-corrected chi connectivity index (χ1v) is 7.43. The van der Waals surface area contributed by atoms with Crippen molar-refractivity contribution in [1.82, 2.24) is 0 Å². The molecule has 0 heterocycles. The Bertz CT molecular complexity index is 644. The first-order chi connectivity index (χ1) is 9.61. The lowest BCUT2D eigenvalue weighted by atomic mass is 10.1. The quantitative estimate of drug-likeness (QED) is 0.295. The van der Waals surface area contributed by atoms with Gasteiger partial charge >= 0.3 is 0 Å². The maximum absolute atomic E-state index is 8.65. The van der Waals surface area contributed by atoms with E-state index in [-0.39, 0.29) is 5.84 Å². The van der Waals surface area contributed by atoms with Crippen LogP contribution in [0.5, 0.6) is 0 Å². The Labute approximate surface area is 127 Å². The van der Waals surface area contributed by atoms with E-state index in [4.69, 9.17) is 22.5 Å². The summed E-state index contributed by atoms with van der Waals surface area (Å²) in [4.78, 5) is 1.24. The predicted molar refractivity (Wildman–Crippen MR) is 84.7 cm³/mol. The van der Waals surface area contributed by atoms with E-state index < -0.39 is 0 Å². The molecule has 3 N–H and O–H groups in total. The Morgan fingerprint density at radius 2 is 2.05 bits per heavy atom. The minimum atomic E-state index is 0.0602. The summed E-state index contributed by atoms with van der Waals surface area (Å²) in [5.74, 6) is 0.838. The average molecular weight is 307 g/mol. The summed E-state index contributed by atoms with van der Waals surface area (Å²) in [6, 6.07) is 13.7. The van der Waals surface area contributed by atoms with Gasteiger partial charge in [0.05, 0.1) is 0 Å². The lowest BCUT2D eigenvalue weighted by Gasteiger charge is -2.08. The van der Waals surface area contributed by atoms with Crippen molar-refractivity contribution in [3.63, 3.8) is 0 Å². The van der Waals surface area contributed by atoms with Gasteiger partial charge in [0.25, 0.3) is 0 Å². The zero-order chi connectivity index (χ0) is 14.5. The zero-order valence-electron chi connectivity index (χ0n) is 11.0. The van der Waals surface area contributed by atoms with Gasteiger partial charge in [0, 0.05) is 21.2 Å². The number of hydrogen-bond acceptors (Lipinski definition) is 3. The fraction of sp³-hybridized carbons (Fsp3) is 0.133. The van der Waals surface area contributed by atoms with Crippen molar-refractivity contribution >= 4 is 29.2 Å². The number of nitrogens with two attached hydrogens (primary N) is 1. The summed E-state index contributed by atoms with van der Waals surface area (Å²) in [5.41, 5.74) is 8.42. The zero-order valence-corrected chi connectivity index (χ0v) is 12.6. The minimum absolute atomic E-state index is 0.0602. The molecule has 0 spiro atoms. The molecule has 20 heavy (non-hydrogen) atoms. The van der Waals surface area contributed by atoms with Gasteiger partial charge in [-0.15, -0.1) is 11.8 Å². The average Bonchev–Trinajstić information content (AvgIpc) is 2.46. The fourth-order valence-corrected chi connectivity index (χ4v) is 3.12. The summed E-state index contributed by atoms with van der Waals surface area (Å²) in [5, 5.41) is 12.2. The molecule has 0 aliphatic heterocycles. The maximum atomic E-state index is 8.65. The van der Waals surface area contributed by atoms with Crippen LogP contribution in [0.15, 0.2) is 52.5 Å². The Morgan fingerprint density at radius 3 is 2.70 bits per heavy atom. The molecular formula is C15H15ClN2OS. The largest absolute Gasteiger partial charge is 0.409 e. The highest BCUT2D eigenvalue weighted by Crippen LogP contribution is 2.29. The number of aryl methyl sites for hydroxylation is 1. The molecule has 2 aromatic carbocycles. The number of nitrogens with zero attached hydrogens (tertiary/aromatic N) is 1. The lowest BCUT2D eigenvalue weighted by molar-refractivity contribution is 0.318. The number of thioether (sulfide) groups is 1. The van der Waals surface area contributed by atoms with Gasteiger partial charge in [0.2, 0.25) is 0 Å². The number of amidine groups is 1. The third-order valence-corrected chi connectivity index (χ3v) is 4.51. The fourth-order valence-electron chi connectivity index (χ4n) is 1.76. The molecule has 0 saturated carbocycles. The van der Waals surface area contributed by atoms with Gasteiger partial charge in [0.1, 0.15) is 0 Å². The smallest absolute Gasteiger partial charge is 0.170 e. The molecule has 0 fully saturated rings. The number of hydrogen-bond donors (Lipinski definition) is 2. The maximum Gasteiger partial charge on any atom is 0.170 e. The number of halogens is 1. The summed E-state index contributed by atoms with van der Waals surface area (Å²) >= 11 is 7.97. The summed E-state index contributed by atoms with van der Waals surface area (Å²) < 4.78 is 0. The first-order valence-electron chi connectivity index (χ1n) is 6.06. The molecule has 0 bridgehead atoms. The van der Waals surface area contributed by atoms with Gasteiger partial charge in [-0.05, 0) is 30.2 Å². The Balaban J connectivity index is 2.13. The third kappa shape index (κ3) is 3.46. The van der Waals surface area contributed by atoms with Crippen LogP contribution in [0.3, 0.4) is 0 Å². The SMILES string of the molecule is Cc1ccccc1SCc1ccc(/C(N)=N/O)cc1Cl. The van der Waals surface area contributed by atoms with Crippen LogP contribution in [0.25, 0.3) is 0 Å². The molecule has 0 aliphatic carbocycles. The number of benzene rings is 2. The van der Waals surface area contributed by atoms with Crippen LogP contribution in [0.1, 0.15) is 16.7 Å². The van der Waals surface area contributed by atoms with E-state index in [9.17, 15) is 0 Å². The molecular weight excluding hydrogens is 292 g/mol. The van der Waals surface area contributed by atoms with Crippen molar-refractivity contribution in [2.45, 2.75) is 17.6 Å².